The lowest BCUT2D eigenvalue weighted by atomic mass is 10.2. The molecule has 0 aromatic heterocycles. The quantitative estimate of drug-likeness (QED) is 0.738. The van der Waals surface area contributed by atoms with E-state index in [0.29, 0.717) is 24.6 Å². The summed E-state index contributed by atoms with van der Waals surface area (Å²) in [7, 11) is 0. The number of carbonyl (C=O) groups is 2. The fourth-order valence-electron chi connectivity index (χ4n) is 3.04. The van der Waals surface area contributed by atoms with Gasteiger partial charge in [-0.2, -0.15) is 0 Å². The predicted octanol–water partition coefficient (Wildman–Crippen LogP) is 3.91. The van der Waals surface area contributed by atoms with Crippen LogP contribution >= 0.6 is 0 Å². The van der Waals surface area contributed by atoms with Crippen LogP contribution < -0.4 is 25.0 Å². The van der Waals surface area contributed by atoms with Crippen molar-refractivity contribution in [2.75, 3.05) is 23.4 Å². The van der Waals surface area contributed by atoms with Gasteiger partial charge in [0.15, 0.2) is 0 Å². The molecule has 30 heavy (non-hydrogen) atoms. The number of carbonyl (C=O) groups excluding carboxylic acids is 2. The second-order valence-electron chi connectivity index (χ2n) is 6.50. The van der Waals surface area contributed by atoms with Crippen molar-refractivity contribution < 1.29 is 32.2 Å². The molecule has 0 radical (unpaired) electrons. The number of urea groups is 1. The van der Waals surface area contributed by atoms with Crippen LogP contribution in [0.25, 0.3) is 0 Å². The number of halogens is 3. The van der Waals surface area contributed by atoms with Crippen molar-refractivity contribution in [3.63, 3.8) is 0 Å². The molecule has 1 aliphatic rings. The normalized spacial score (nSPS) is 16.3. The molecule has 10 heteroatoms. The highest BCUT2D eigenvalue weighted by molar-refractivity contribution is 5.97. The topological polar surface area (TPSA) is 79.9 Å². The lowest BCUT2D eigenvalue weighted by Crippen LogP contribution is -2.39. The van der Waals surface area contributed by atoms with E-state index in [4.69, 9.17) is 4.74 Å². The number of benzene rings is 2. The Kier molecular flexibility index (Phi) is 6.34. The van der Waals surface area contributed by atoms with E-state index in [1.54, 1.807) is 29.2 Å². The van der Waals surface area contributed by atoms with Crippen molar-refractivity contribution >= 4 is 23.3 Å². The van der Waals surface area contributed by atoms with Crippen LogP contribution in [0.1, 0.15) is 13.3 Å². The number of hydrogen-bond donors (Lipinski definition) is 2. The van der Waals surface area contributed by atoms with Gasteiger partial charge in [-0.05, 0) is 55.5 Å². The summed E-state index contributed by atoms with van der Waals surface area (Å²) < 4.78 is 45.7. The molecule has 1 fully saturated rings. The number of hydrogen-bond acceptors (Lipinski definition) is 4. The van der Waals surface area contributed by atoms with Crippen molar-refractivity contribution in [1.82, 2.24) is 5.32 Å². The lowest BCUT2D eigenvalue weighted by molar-refractivity contribution is -0.274. The number of anilines is 2. The Bertz CT molecular complexity index is 886. The van der Waals surface area contributed by atoms with E-state index in [1.807, 2.05) is 6.92 Å². The van der Waals surface area contributed by atoms with Crippen molar-refractivity contribution in [2.24, 2.45) is 0 Å². The molecule has 0 bridgehead atoms. The van der Waals surface area contributed by atoms with E-state index >= 15 is 0 Å². The fraction of sp³-hybridized carbons (Fsp3) is 0.300. The molecular formula is C20H20F3N3O4. The molecule has 2 aromatic carbocycles. The number of nitrogens with one attached hydrogen (secondary N) is 2. The summed E-state index contributed by atoms with van der Waals surface area (Å²) >= 11 is 0. The zero-order valence-electron chi connectivity index (χ0n) is 16.0. The van der Waals surface area contributed by atoms with E-state index in [9.17, 15) is 22.8 Å². The molecule has 3 amide bonds. The molecule has 1 unspecified atom stereocenters. The SMILES string of the molecule is CCOc1ccc(N2CC(NC(=O)Nc3ccc(OC(F)(F)F)cc3)CC2=O)cc1. The minimum Gasteiger partial charge on any atom is -0.494 e. The van der Waals surface area contributed by atoms with E-state index in [2.05, 4.69) is 15.4 Å². The fourth-order valence-corrected chi connectivity index (χ4v) is 3.04. The van der Waals surface area contributed by atoms with Crippen LogP contribution in [0.15, 0.2) is 48.5 Å². The van der Waals surface area contributed by atoms with Crippen LogP contribution in [0.4, 0.5) is 29.3 Å². The van der Waals surface area contributed by atoms with Crippen LogP contribution in [-0.2, 0) is 4.79 Å². The van der Waals surface area contributed by atoms with Crippen molar-refractivity contribution in [2.45, 2.75) is 25.7 Å². The standard InChI is InChI=1S/C20H20F3N3O4/c1-2-29-16-9-5-15(6-10-16)26-12-14(11-18(26)27)25-19(28)24-13-3-7-17(8-4-13)30-20(21,22)23/h3-10,14H,2,11-12H2,1H3,(H2,24,25,28). The summed E-state index contributed by atoms with van der Waals surface area (Å²) in [5, 5.41) is 5.21. The number of rotatable bonds is 6. The molecular weight excluding hydrogens is 403 g/mol. The molecule has 0 spiro atoms. The van der Waals surface area contributed by atoms with Gasteiger partial charge < -0.3 is 25.0 Å². The summed E-state index contributed by atoms with van der Waals surface area (Å²) in [6.45, 7) is 2.73. The summed E-state index contributed by atoms with van der Waals surface area (Å²) in [5.41, 5.74) is 0.989. The second-order valence-corrected chi connectivity index (χ2v) is 6.50. The molecule has 1 heterocycles. The smallest absolute Gasteiger partial charge is 0.494 e. The first-order valence-electron chi connectivity index (χ1n) is 9.20. The predicted molar refractivity (Wildman–Crippen MR) is 104 cm³/mol. The molecule has 1 aliphatic heterocycles. The Morgan fingerprint density at radius 3 is 2.33 bits per heavy atom. The van der Waals surface area contributed by atoms with Crippen LogP contribution in [0.3, 0.4) is 0 Å². The summed E-state index contributed by atoms with van der Waals surface area (Å²) in [4.78, 5) is 26.0. The summed E-state index contributed by atoms with van der Waals surface area (Å²) in [5.74, 6) is 0.188. The monoisotopic (exact) mass is 423 g/mol. The first kappa shape index (κ1) is 21.3. The second kappa shape index (κ2) is 8.93. The van der Waals surface area contributed by atoms with Gasteiger partial charge in [-0.1, -0.05) is 0 Å². The highest BCUT2D eigenvalue weighted by atomic mass is 19.4. The first-order chi connectivity index (χ1) is 14.2. The summed E-state index contributed by atoms with van der Waals surface area (Å²) in [6.07, 6.45) is -4.64. The van der Waals surface area contributed by atoms with Gasteiger partial charge in [0.1, 0.15) is 11.5 Å². The average molecular weight is 423 g/mol. The number of alkyl halides is 3. The molecule has 7 nitrogen and oxygen atoms in total. The van der Waals surface area contributed by atoms with Crippen LogP contribution in [0.5, 0.6) is 11.5 Å². The average Bonchev–Trinajstić information content (AvgIpc) is 3.03. The van der Waals surface area contributed by atoms with E-state index in [1.165, 1.54) is 12.1 Å². The molecule has 0 aliphatic carbocycles. The third-order valence-corrected chi connectivity index (χ3v) is 4.27. The highest BCUT2D eigenvalue weighted by Gasteiger charge is 2.32. The molecule has 1 saturated heterocycles. The zero-order chi connectivity index (χ0) is 21.7. The van der Waals surface area contributed by atoms with Gasteiger partial charge in [0.05, 0.1) is 12.6 Å². The Balaban J connectivity index is 1.53. The van der Waals surface area contributed by atoms with Crippen LogP contribution in [0.2, 0.25) is 0 Å². The number of nitrogens with zero attached hydrogens (tertiary/aromatic N) is 1. The van der Waals surface area contributed by atoms with Crippen LogP contribution in [-0.4, -0.2) is 37.5 Å². The third kappa shape index (κ3) is 5.79. The van der Waals surface area contributed by atoms with Gasteiger partial charge in [0, 0.05) is 24.3 Å². The Morgan fingerprint density at radius 2 is 1.73 bits per heavy atom. The minimum atomic E-state index is -4.78. The van der Waals surface area contributed by atoms with Gasteiger partial charge in [-0.15, -0.1) is 13.2 Å². The molecule has 160 valence electrons. The maximum atomic E-state index is 12.3. The molecule has 0 saturated carbocycles. The van der Waals surface area contributed by atoms with E-state index < -0.39 is 18.4 Å². The van der Waals surface area contributed by atoms with Gasteiger partial charge >= 0.3 is 12.4 Å². The van der Waals surface area contributed by atoms with Crippen molar-refractivity contribution in [3.05, 3.63) is 48.5 Å². The van der Waals surface area contributed by atoms with Crippen molar-refractivity contribution in [3.8, 4) is 11.5 Å². The zero-order valence-corrected chi connectivity index (χ0v) is 16.0. The first-order valence-corrected chi connectivity index (χ1v) is 9.20. The van der Waals surface area contributed by atoms with Gasteiger partial charge in [-0.25, -0.2) is 4.79 Å². The van der Waals surface area contributed by atoms with Gasteiger partial charge in [0.2, 0.25) is 5.91 Å². The molecule has 2 aromatic rings. The van der Waals surface area contributed by atoms with Crippen LogP contribution in [0, 0.1) is 0 Å². The summed E-state index contributed by atoms with van der Waals surface area (Å²) in [6, 6.07) is 10.9. The molecule has 2 N–H and O–H groups in total. The number of ether oxygens (including phenoxy) is 2. The largest absolute Gasteiger partial charge is 0.573 e. The Hall–Kier alpha value is -3.43. The molecule has 1 atom stereocenters. The molecule has 3 rings (SSSR count). The minimum absolute atomic E-state index is 0.127. The van der Waals surface area contributed by atoms with E-state index in [0.717, 1.165) is 12.1 Å². The van der Waals surface area contributed by atoms with Gasteiger partial charge in [-0.3, -0.25) is 4.79 Å². The Labute approximate surface area is 170 Å². The lowest BCUT2D eigenvalue weighted by Gasteiger charge is -2.18. The Morgan fingerprint density at radius 1 is 1.10 bits per heavy atom. The maximum Gasteiger partial charge on any atom is 0.573 e. The maximum absolute atomic E-state index is 12.3. The highest BCUT2D eigenvalue weighted by Crippen LogP contribution is 2.25. The van der Waals surface area contributed by atoms with E-state index in [-0.39, 0.29) is 23.8 Å². The third-order valence-electron chi connectivity index (χ3n) is 4.27. The van der Waals surface area contributed by atoms with Gasteiger partial charge in [0.25, 0.3) is 0 Å². The number of amides is 3. The van der Waals surface area contributed by atoms with Crippen molar-refractivity contribution in [1.29, 1.82) is 0 Å².